The van der Waals surface area contributed by atoms with Gasteiger partial charge in [0.15, 0.2) is 0 Å². The van der Waals surface area contributed by atoms with Gasteiger partial charge in [-0.05, 0) is 19.3 Å². The van der Waals surface area contributed by atoms with Crippen molar-refractivity contribution >= 4 is 29.5 Å². The first-order valence-corrected chi connectivity index (χ1v) is 13.5. The van der Waals surface area contributed by atoms with Gasteiger partial charge >= 0.3 is 0 Å². The lowest BCUT2D eigenvalue weighted by molar-refractivity contribution is -0.147. The summed E-state index contributed by atoms with van der Waals surface area (Å²) < 4.78 is -1.42. The summed E-state index contributed by atoms with van der Waals surface area (Å²) in [5, 5.41) is 10.3. The maximum Gasteiger partial charge on any atom is 0.247 e. The molecule has 0 aromatic carbocycles. The van der Waals surface area contributed by atoms with Gasteiger partial charge in [0.2, 0.25) is 17.7 Å². The van der Waals surface area contributed by atoms with Gasteiger partial charge in [0.25, 0.3) is 0 Å². The van der Waals surface area contributed by atoms with Crippen molar-refractivity contribution in [1.82, 2.24) is 14.7 Å². The maximum absolute atomic E-state index is 14.2. The predicted molar refractivity (Wildman–Crippen MR) is 134 cm³/mol. The second kappa shape index (κ2) is 9.34. The Kier molecular flexibility index (Phi) is 6.95. The molecular formula is C26H39N3O4S. The van der Waals surface area contributed by atoms with Crippen LogP contribution < -0.4 is 0 Å². The van der Waals surface area contributed by atoms with Crippen LogP contribution in [0.2, 0.25) is 0 Å². The molecule has 188 valence electrons. The van der Waals surface area contributed by atoms with Gasteiger partial charge in [-0.2, -0.15) is 0 Å². The first-order chi connectivity index (χ1) is 16.1. The third-order valence-electron chi connectivity index (χ3n) is 8.13. The molecule has 0 bridgehead atoms. The quantitative estimate of drug-likeness (QED) is 0.438. The number of unbranched alkanes of at least 4 members (excludes halogenated alkanes) is 2. The van der Waals surface area contributed by atoms with E-state index in [2.05, 4.69) is 19.1 Å². The number of aliphatic hydroxyl groups is 1. The number of likely N-dealkylation sites (N-methyl/N-ethyl adjacent to an activating group) is 1. The third kappa shape index (κ3) is 3.72. The van der Waals surface area contributed by atoms with E-state index < -0.39 is 33.4 Å². The number of nitrogens with zero attached hydrogens (tertiary/aromatic N) is 3. The number of rotatable bonds is 7. The van der Waals surface area contributed by atoms with Crippen LogP contribution in [-0.2, 0) is 14.4 Å². The van der Waals surface area contributed by atoms with Gasteiger partial charge < -0.3 is 19.8 Å². The van der Waals surface area contributed by atoms with Crippen LogP contribution in [0, 0.1) is 17.8 Å². The molecule has 0 aromatic rings. The van der Waals surface area contributed by atoms with Crippen LogP contribution in [0.1, 0.15) is 47.0 Å². The SMILES string of the molecule is CCCCCN1CC=C[C@]23S[C@]4(C)C=CCN(C)C(=O)[C@@H]4[C@H]2C(=O)N([C@@H](CO)C(C)C)C3C1=O. The van der Waals surface area contributed by atoms with Crippen molar-refractivity contribution < 1.29 is 19.5 Å². The molecule has 6 atom stereocenters. The average Bonchev–Trinajstić information content (AvgIpc) is 3.06. The Hall–Kier alpha value is -1.80. The zero-order valence-corrected chi connectivity index (χ0v) is 21.9. The van der Waals surface area contributed by atoms with E-state index in [-0.39, 0.29) is 30.2 Å². The molecule has 1 N–H and O–H groups in total. The molecule has 4 rings (SSSR count). The van der Waals surface area contributed by atoms with Gasteiger partial charge in [-0.25, -0.2) is 0 Å². The van der Waals surface area contributed by atoms with E-state index in [4.69, 9.17) is 0 Å². The number of aliphatic hydroxyl groups excluding tert-OH is 1. The Morgan fingerprint density at radius 2 is 1.76 bits per heavy atom. The van der Waals surface area contributed by atoms with Gasteiger partial charge in [-0.1, -0.05) is 57.9 Å². The van der Waals surface area contributed by atoms with E-state index >= 15 is 0 Å². The van der Waals surface area contributed by atoms with Gasteiger partial charge in [-0.15, -0.1) is 11.8 Å². The Bertz CT molecular complexity index is 904. The molecule has 0 aliphatic carbocycles. The van der Waals surface area contributed by atoms with E-state index in [1.165, 1.54) is 0 Å². The number of hydrogen-bond donors (Lipinski definition) is 1. The van der Waals surface area contributed by atoms with Gasteiger partial charge in [-0.3, -0.25) is 14.4 Å². The standard InChI is InChI=1S/C26H39N3O4S/c1-6-7-8-14-28-15-10-12-26-20(19-22(31)27(5)13-9-11-25(19,4)34-26)23(32)29(21(26)24(28)33)18(16-30)17(2)3/h9-12,17-21,30H,6-8,13-16H2,1-5H3/t18-,19-,20-,21?,25+,26-/m0/s1. The first kappa shape index (κ1) is 25.3. The summed E-state index contributed by atoms with van der Waals surface area (Å²) in [4.78, 5) is 47.2. The summed E-state index contributed by atoms with van der Waals surface area (Å²) in [7, 11) is 1.77. The second-order valence-electron chi connectivity index (χ2n) is 10.8. The fraction of sp³-hybridized carbons (Fsp3) is 0.731. The highest BCUT2D eigenvalue weighted by atomic mass is 32.2. The van der Waals surface area contributed by atoms with Gasteiger partial charge in [0.1, 0.15) is 6.04 Å². The zero-order valence-electron chi connectivity index (χ0n) is 21.1. The summed E-state index contributed by atoms with van der Waals surface area (Å²) >= 11 is 1.60. The van der Waals surface area contributed by atoms with Crippen molar-refractivity contribution in [3.8, 4) is 0 Å². The molecule has 2 fully saturated rings. The first-order valence-electron chi connectivity index (χ1n) is 12.6. The number of hydrogen-bond acceptors (Lipinski definition) is 5. The predicted octanol–water partition coefficient (Wildman–Crippen LogP) is 2.31. The molecule has 0 radical (unpaired) electrons. The average molecular weight is 490 g/mol. The third-order valence-corrected chi connectivity index (χ3v) is 9.92. The smallest absolute Gasteiger partial charge is 0.247 e. The molecule has 4 aliphatic rings. The van der Waals surface area contributed by atoms with Crippen molar-refractivity contribution in [2.45, 2.75) is 68.5 Å². The molecule has 7 nitrogen and oxygen atoms in total. The second-order valence-corrected chi connectivity index (χ2v) is 12.5. The summed E-state index contributed by atoms with van der Waals surface area (Å²) in [5.41, 5.74) is 0. The van der Waals surface area contributed by atoms with Crippen LogP contribution in [0.4, 0.5) is 0 Å². The summed E-state index contributed by atoms with van der Waals surface area (Å²) in [6, 6.07) is -1.21. The number of carbonyl (C=O) groups excluding carboxylic acids is 3. The lowest BCUT2D eigenvalue weighted by atomic mass is 9.74. The number of fused-ring (bicyclic) bond motifs is 2. The van der Waals surface area contributed by atoms with Crippen LogP contribution in [0.25, 0.3) is 0 Å². The van der Waals surface area contributed by atoms with E-state index in [1.54, 1.807) is 28.6 Å². The molecule has 4 aliphatic heterocycles. The van der Waals surface area contributed by atoms with E-state index in [1.807, 2.05) is 37.8 Å². The van der Waals surface area contributed by atoms with E-state index in [0.29, 0.717) is 19.6 Å². The molecule has 1 spiro atoms. The molecule has 34 heavy (non-hydrogen) atoms. The Morgan fingerprint density at radius 3 is 2.41 bits per heavy atom. The van der Waals surface area contributed by atoms with Gasteiger partial charge in [0.05, 0.1) is 29.2 Å². The number of likely N-dealkylation sites (tertiary alicyclic amines) is 1. The van der Waals surface area contributed by atoms with Crippen LogP contribution in [0.5, 0.6) is 0 Å². The lowest BCUT2D eigenvalue weighted by Gasteiger charge is -2.41. The highest BCUT2D eigenvalue weighted by molar-refractivity contribution is 8.02. The van der Waals surface area contributed by atoms with Crippen molar-refractivity contribution in [3.05, 3.63) is 24.3 Å². The topological polar surface area (TPSA) is 81.2 Å². The Morgan fingerprint density at radius 1 is 1.06 bits per heavy atom. The molecule has 8 heteroatoms. The maximum atomic E-state index is 14.2. The van der Waals surface area contributed by atoms with Crippen LogP contribution in [0.3, 0.4) is 0 Å². The highest BCUT2D eigenvalue weighted by Gasteiger charge is 2.74. The minimum Gasteiger partial charge on any atom is -0.394 e. The molecular weight excluding hydrogens is 450 g/mol. The lowest BCUT2D eigenvalue weighted by Crippen LogP contribution is -2.58. The minimum absolute atomic E-state index is 0.0258. The summed E-state index contributed by atoms with van der Waals surface area (Å²) in [6.07, 6.45) is 11.2. The van der Waals surface area contributed by atoms with Gasteiger partial charge in [0, 0.05) is 31.4 Å². The molecule has 2 saturated heterocycles. The molecule has 1 unspecified atom stereocenters. The normalized spacial score (nSPS) is 36.0. The van der Waals surface area contributed by atoms with E-state index in [9.17, 15) is 19.5 Å². The Labute approximate surface area is 207 Å². The zero-order chi connectivity index (χ0) is 24.8. The fourth-order valence-electron chi connectivity index (χ4n) is 6.36. The van der Waals surface area contributed by atoms with Crippen LogP contribution in [-0.4, -0.2) is 92.4 Å². The number of thioether (sulfide) groups is 1. The monoisotopic (exact) mass is 489 g/mol. The van der Waals surface area contributed by atoms with Crippen molar-refractivity contribution in [2.75, 3.05) is 33.3 Å². The van der Waals surface area contributed by atoms with Crippen LogP contribution >= 0.6 is 11.8 Å². The fourth-order valence-corrected chi connectivity index (χ4v) is 8.50. The van der Waals surface area contributed by atoms with Crippen molar-refractivity contribution in [2.24, 2.45) is 17.8 Å². The summed E-state index contributed by atoms with van der Waals surface area (Å²) in [6.45, 7) is 9.56. The number of amides is 3. The summed E-state index contributed by atoms with van der Waals surface area (Å²) in [5.74, 6) is -1.52. The Balaban J connectivity index is 1.85. The van der Waals surface area contributed by atoms with Crippen LogP contribution in [0.15, 0.2) is 24.3 Å². The molecule has 0 saturated carbocycles. The van der Waals surface area contributed by atoms with Crippen molar-refractivity contribution in [3.63, 3.8) is 0 Å². The number of carbonyl (C=O) groups is 3. The molecule has 3 amide bonds. The minimum atomic E-state index is -0.840. The highest BCUT2D eigenvalue weighted by Crippen LogP contribution is 2.65. The van der Waals surface area contributed by atoms with E-state index in [0.717, 1.165) is 19.3 Å². The largest absolute Gasteiger partial charge is 0.394 e. The molecule has 4 heterocycles. The molecule has 0 aromatic heterocycles. The van der Waals surface area contributed by atoms with Crippen molar-refractivity contribution in [1.29, 1.82) is 0 Å².